The van der Waals surface area contributed by atoms with Gasteiger partial charge in [-0.15, -0.1) is 0 Å². The van der Waals surface area contributed by atoms with Crippen LogP contribution in [-0.2, 0) is 10.0 Å². The van der Waals surface area contributed by atoms with Crippen molar-refractivity contribution in [1.29, 1.82) is 0 Å². The van der Waals surface area contributed by atoms with Gasteiger partial charge in [-0.2, -0.15) is 0 Å². The first-order chi connectivity index (χ1) is 14.8. The molecule has 2 aromatic carbocycles. The van der Waals surface area contributed by atoms with E-state index in [0.717, 1.165) is 0 Å². The van der Waals surface area contributed by atoms with Gasteiger partial charge in [-0.05, 0) is 61.0 Å². The van der Waals surface area contributed by atoms with Crippen LogP contribution in [0.15, 0.2) is 71.9 Å². The van der Waals surface area contributed by atoms with E-state index in [1.165, 1.54) is 12.1 Å². The zero-order chi connectivity index (χ0) is 22.4. The Kier molecular flexibility index (Phi) is 6.78. The Morgan fingerprint density at radius 2 is 1.65 bits per heavy atom. The van der Waals surface area contributed by atoms with Crippen molar-refractivity contribution in [3.63, 3.8) is 0 Å². The van der Waals surface area contributed by atoms with E-state index in [4.69, 9.17) is 0 Å². The van der Waals surface area contributed by atoms with Crippen LogP contribution >= 0.6 is 0 Å². The Morgan fingerprint density at radius 3 is 2.29 bits per heavy atom. The number of hydrogen-bond donors (Lipinski definition) is 3. The summed E-state index contributed by atoms with van der Waals surface area (Å²) in [5, 5.41) is 5.46. The molecule has 160 valence electrons. The number of carbonyl (C=O) groups is 2. The van der Waals surface area contributed by atoms with E-state index < -0.39 is 15.9 Å². The van der Waals surface area contributed by atoms with Crippen molar-refractivity contribution in [3.8, 4) is 0 Å². The molecule has 2 amide bonds. The number of rotatable bonds is 7. The molecular formula is C22H22N4O4S. The molecule has 0 spiro atoms. The third-order valence-corrected chi connectivity index (χ3v) is 5.97. The molecule has 0 atom stereocenters. The third kappa shape index (κ3) is 5.53. The van der Waals surface area contributed by atoms with Crippen LogP contribution in [0.4, 0.5) is 11.4 Å². The summed E-state index contributed by atoms with van der Waals surface area (Å²) < 4.78 is 26.9. The molecule has 0 aliphatic heterocycles. The minimum absolute atomic E-state index is 0.0209. The number of nitrogens with one attached hydrogen (secondary N) is 3. The average molecular weight is 439 g/mol. The van der Waals surface area contributed by atoms with E-state index in [1.807, 2.05) is 0 Å². The zero-order valence-electron chi connectivity index (χ0n) is 17.0. The van der Waals surface area contributed by atoms with Gasteiger partial charge in [0.15, 0.2) is 0 Å². The number of pyridine rings is 1. The number of nitrogens with zero attached hydrogens (tertiary/aromatic N) is 1. The summed E-state index contributed by atoms with van der Waals surface area (Å²) in [5.41, 5.74) is 2.35. The van der Waals surface area contributed by atoms with Gasteiger partial charge >= 0.3 is 0 Å². The fourth-order valence-electron chi connectivity index (χ4n) is 2.83. The van der Waals surface area contributed by atoms with Crippen LogP contribution in [0.1, 0.15) is 33.2 Å². The third-order valence-electron chi connectivity index (χ3n) is 4.42. The summed E-state index contributed by atoms with van der Waals surface area (Å²) in [6.45, 7) is 3.66. The predicted octanol–water partition coefficient (Wildman–Crippen LogP) is 3.19. The minimum atomic E-state index is -3.68. The number of carbonyl (C=O) groups excluding carboxylic acids is 2. The maximum Gasteiger partial charge on any atom is 0.255 e. The SMILES string of the molecule is CCNS(=O)(=O)c1ccc(C)c(C(=O)Nc2ccc(C(=O)Nc3cccnc3)cc2)c1. The molecule has 0 bridgehead atoms. The molecule has 1 heterocycles. The quantitative estimate of drug-likeness (QED) is 0.524. The highest BCUT2D eigenvalue weighted by molar-refractivity contribution is 7.89. The lowest BCUT2D eigenvalue weighted by molar-refractivity contribution is 0.101. The van der Waals surface area contributed by atoms with Crippen LogP contribution < -0.4 is 15.4 Å². The van der Waals surface area contributed by atoms with Crippen LogP contribution in [0.3, 0.4) is 0 Å². The van der Waals surface area contributed by atoms with Crippen molar-refractivity contribution in [2.24, 2.45) is 0 Å². The van der Waals surface area contributed by atoms with E-state index >= 15 is 0 Å². The second-order valence-electron chi connectivity index (χ2n) is 6.71. The maximum absolute atomic E-state index is 12.7. The van der Waals surface area contributed by atoms with Crippen molar-refractivity contribution in [1.82, 2.24) is 9.71 Å². The number of amides is 2. The van der Waals surface area contributed by atoms with E-state index in [0.29, 0.717) is 22.5 Å². The lowest BCUT2D eigenvalue weighted by Crippen LogP contribution is -2.24. The van der Waals surface area contributed by atoms with Crippen LogP contribution in [-0.4, -0.2) is 31.8 Å². The van der Waals surface area contributed by atoms with Gasteiger partial charge in [0.05, 0.1) is 16.8 Å². The second kappa shape index (κ2) is 9.50. The zero-order valence-corrected chi connectivity index (χ0v) is 17.9. The number of benzene rings is 2. The molecule has 31 heavy (non-hydrogen) atoms. The van der Waals surface area contributed by atoms with Crippen LogP contribution in [0.2, 0.25) is 0 Å². The molecule has 0 radical (unpaired) electrons. The number of sulfonamides is 1. The van der Waals surface area contributed by atoms with Gasteiger partial charge in [0.2, 0.25) is 10.0 Å². The summed E-state index contributed by atoms with van der Waals surface area (Å²) in [4.78, 5) is 29.0. The van der Waals surface area contributed by atoms with Crippen LogP contribution in [0.25, 0.3) is 0 Å². The van der Waals surface area contributed by atoms with E-state index in [9.17, 15) is 18.0 Å². The lowest BCUT2D eigenvalue weighted by Gasteiger charge is -2.11. The molecule has 3 aromatic rings. The Morgan fingerprint density at radius 1 is 0.935 bits per heavy atom. The Balaban J connectivity index is 1.73. The molecule has 3 N–H and O–H groups in total. The largest absolute Gasteiger partial charge is 0.322 e. The molecule has 9 heteroatoms. The number of hydrogen-bond acceptors (Lipinski definition) is 5. The van der Waals surface area contributed by atoms with Crippen LogP contribution in [0.5, 0.6) is 0 Å². The number of aryl methyl sites for hydroxylation is 1. The molecule has 0 aliphatic rings. The maximum atomic E-state index is 12.7. The molecule has 3 rings (SSSR count). The van der Waals surface area contributed by atoms with Gasteiger partial charge in [0, 0.05) is 29.6 Å². The van der Waals surface area contributed by atoms with E-state index in [1.54, 1.807) is 68.7 Å². The lowest BCUT2D eigenvalue weighted by atomic mass is 10.1. The van der Waals surface area contributed by atoms with Gasteiger partial charge in [-0.1, -0.05) is 13.0 Å². The molecule has 8 nitrogen and oxygen atoms in total. The molecule has 0 aliphatic carbocycles. The van der Waals surface area contributed by atoms with Gasteiger partial charge in [0.1, 0.15) is 0 Å². The molecule has 0 saturated heterocycles. The fraction of sp³-hybridized carbons (Fsp3) is 0.136. The Hall–Kier alpha value is -3.56. The first-order valence-electron chi connectivity index (χ1n) is 9.53. The second-order valence-corrected chi connectivity index (χ2v) is 8.47. The average Bonchev–Trinajstić information content (AvgIpc) is 2.75. The van der Waals surface area contributed by atoms with E-state index in [2.05, 4.69) is 20.3 Å². The van der Waals surface area contributed by atoms with Crippen molar-refractivity contribution in [2.45, 2.75) is 18.7 Å². The summed E-state index contributed by atoms with van der Waals surface area (Å²) in [5.74, 6) is -0.748. The highest BCUT2D eigenvalue weighted by Gasteiger charge is 2.17. The molecule has 0 fully saturated rings. The first kappa shape index (κ1) is 22.1. The molecular weight excluding hydrogens is 416 g/mol. The van der Waals surface area contributed by atoms with Crippen molar-refractivity contribution >= 4 is 33.2 Å². The Labute approximate surface area is 180 Å². The van der Waals surface area contributed by atoms with Crippen molar-refractivity contribution < 1.29 is 18.0 Å². The normalized spacial score (nSPS) is 11.0. The van der Waals surface area contributed by atoms with Crippen molar-refractivity contribution in [2.75, 3.05) is 17.2 Å². The number of anilines is 2. The topological polar surface area (TPSA) is 117 Å². The minimum Gasteiger partial charge on any atom is -0.322 e. The Bertz CT molecular complexity index is 1190. The summed E-state index contributed by atoms with van der Waals surface area (Å²) in [6, 6.07) is 14.2. The van der Waals surface area contributed by atoms with Gasteiger partial charge < -0.3 is 10.6 Å². The standard InChI is InChI=1S/C22H22N4O4S/c1-3-24-31(29,30)19-11-6-15(2)20(13-19)22(28)25-17-9-7-16(8-10-17)21(27)26-18-5-4-12-23-14-18/h4-14,24H,3H2,1-2H3,(H,25,28)(H,26,27). The van der Waals surface area contributed by atoms with Gasteiger partial charge in [0.25, 0.3) is 11.8 Å². The highest BCUT2D eigenvalue weighted by Crippen LogP contribution is 2.18. The highest BCUT2D eigenvalue weighted by atomic mass is 32.2. The van der Waals surface area contributed by atoms with Gasteiger partial charge in [-0.3, -0.25) is 14.6 Å². The predicted molar refractivity (Wildman–Crippen MR) is 119 cm³/mol. The fourth-order valence-corrected chi connectivity index (χ4v) is 3.90. The van der Waals surface area contributed by atoms with Gasteiger partial charge in [-0.25, -0.2) is 13.1 Å². The summed E-state index contributed by atoms with van der Waals surface area (Å²) in [7, 11) is -3.68. The summed E-state index contributed by atoms with van der Waals surface area (Å²) >= 11 is 0. The summed E-state index contributed by atoms with van der Waals surface area (Å²) in [6.07, 6.45) is 3.15. The number of aromatic nitrogens is 1. The monoisotopic (exact) mass is 438 g/mol. The van der Waals surface area contributed by atoms with E-state index in [-0.39, 0.29) is 22.9 Å². The van der Waals surface area contributed by atoms with Crippen LogP contribution in [0, 0.1) is 6.92 Å². The molecule has 0 saturated carbocycles. The molecule has 0 unspecified atom stereocenters. The van der Waals surface area contributed by atoms with Crippen molar-refractivity contribution in [3.05, 3.63) is 83.7 Å². The smallest absolute Gasteiger partial charge is 0.255 e. The molecule has 1 aromatic heterocycles. The first-order valence-corrected chi connectivity index (χ1v) is 11.0.